The summed E-state index contributed by atoms with van der Waals surface area (Å²) in [7, 11) is 0. The monoisotopic (exact) mass is 316 g/mol. The predicted octanol–water partition coefficient (Wildman–Crippen LogP) is 1.28. The Hall–Kier alpha value is -2.25. The standard InChI is InChI=1S/C16H20N4O3/c1-2-23-16(21)13-11-18-20(15-5-3-4-6-17-15)14(13)12-19-7-9-22-10-8-19/h3-6,11H,2,7-10,12H2,1H3. The maximum atomic E-state index is 12.2. The maximum Gasteiger partial charge on any atom is 0.341 e. The first-order valence-corrected chi connectivity index (χ1v) is 7.75. The van der Waals surface area contributed by atoms with Crippen LogP contribution >= 0.6 is 0 Å². The minimum atomic E-state index is -0.349. The minimum Gasteiger partial charge on any atom is -0.462 e. The van der Waals surface area contributed by atoms with Gasteiger partial charge in [-0.25, -0.2) is 14.5 Å². The van der Waals surface area contributed by atoms with Crippen molar-refractivity contribution in [1.29, 1.82) is 0 Å². The highest BCUT2D eigenvalue weighted by Gasteiger charge is 2.23. The van der Waals surface area contributed by atoms with Gasteiger partial charge in [0.15, 0.2) is 5.82 Å². The van der Waals surface area contributed by atoms with E-state index in [1.54, 1.807) is 24.0 Å². The summed E-state index contributed by atoms with van der Waals surface area (Å²) in [6.45, 7) is 5.80. The third-order valence-electron chi connectivity index (χ3n) is 3.71. The van der Waals surface area contributed by atoms with Crippen molar-refractivity contribution in [2.45, 2.75) is 13.5 Å². The van der Waals surface area contributed by atoms with Crippen LogP contribution in [0, 0.1) is 0 Å². The Morgan fingerprint density at radius 1 is 1.35 bits per heavy atom. The normalized spacial score (nSPS) is 15.5. The van der Waals surface area contributed by atoms with Crippen molar-refractivity contribution in [2.24, 2.45) is 0 Å². The van der Waals surface area contributed by atoms with Crippen LogP contribution in [-0.2, 0) is 16.0 Å². The highest BCUT2D eigenvalue weighted by molar-refractivity contribution is 5.90. The molecule has 2 aromatic rings. The molecule has 3 rings (SSSR count). The molecule has 0 radical (unpaired) electrons. The first kappa shape index (κ1) is 15.6. The van der Waals surface area contributed by atoms with Crippen LogP contribution in [-0.4, -0.2) is 58.5 Å². The van der Waals surface area contributed by atoms with Crippen molar-refractivity contribution in [2.75, 3.05) is 32.9 Å². The fourth-order valence-corrected chi connectivity index (χ4v) is 2.55. The molecule has 1 saturated heterocycles. The topological polar surface area (TPSA) is 69.5 Å². The molecule has 0 N–H and O–H groups in total. The minimum absolute atomic E-state index is 0.338. The van der Waals surface area contributed by atoms with E-state index < -0.39 is 0 Å². The molecule has 1 fully saturated rings. The summed E-state index contributed by atoms with van der Waals surface area (Å²) in [5, 5.41) is 4.35. The lowest BCUT2D eigenvalue weighted by molar-refractivity contribution is 0.0328. The zero-order valence-electron chi connectivity index (χ0n) is 13.1. The number of morpholine rings is 1. The van der Waals surface area contributed by atoms with Gasteiger partial charge in [0, 0.05) is 25.8 Å². The Kier molecular flexibility index (Phi) is 4.99. The van der Waals surface area contributed by atoms with Crippen LogP contribution in [0.5, 0.6) is 0 Å². The molecule has 23 heavy (non-hydrogen) atoms. The van der Waals surface area contributed by atoms with Crippen LogP contribution in [0.15, 0.2) is 30.6 Å². The van der Waals surface area contributed by atoms with Gasteiger partial charge in [-0.1, -0.05) is 6.07 Å². The van der Waals surface area contributed by atoms with Crippen molar-refractivity contribution in [1.82, 2.24) is 19.7 Å². The van der Waals surface area contributed by atoms with Crippen LogP contribution in [0.1, 0.15) is 23.0 Å². The van der Waals surface area contributed by atoms with E-state index in [0.29, 0.717) is 37.7 Å². The molecule has 0 atom stereocenters. The van der Waals surface area contributed by atoms with Gasteiger partial charge in [-0.2, -0.15) is 5.10 Å². The Morgan fingerprint density at radius 3 is 2.87 bits per heavy atom. The summed E-state index contributed by atoms with van der Waals surface area (Å²) in [5.41, 5.74) is 1.29. The molecule has 7 nitrogen and oxygen atoms in total. The van der Waals surface area contributed by atoms with E-state index in [2.05, 4.69) is 15.0 Å². The second-order valence-electron chi connectivity index (χ2n) is 5.21. The van der Waals surface area contributed by atoms with Crippen LogP contribution in [0.2, 0.25) is 0 Å². The number of nitrogens with zero attached hydrogens (tertiary/aromatic N) is 4. The number of carbonyl (C=O) groups excluding carboxylic acids is 1. The lowest BCUT2D eigenvalue weighted by Crippen LogP contribution is -2.36. The molecule has 1 aliphatic rings. The summed E-state index contributed by atoms with van der Waals surface area (Å²) in [6, 6.07) is 5.61. The van der Waals surface area contributed by atoms with E-state index in [9.17, 15) is 4.79 Å². The molecular weight excluding hydrogens is 296 g/mol. The largest absolute Gasteiger partial charge is 0.462 e. The molecule has 0 bridgehead atoms. The van der Waals surface area contributed by atoms with Gasteiger partial charge < -0.3 is 9.47 Å². The van der Waals surface area contributed by atoms with E-state index in [-0.39, 0.29) is 5.97 Å². The zero-order chi connectivity index (χ0) is 16.1. The SMILES string of the molecule is CCOC(=O)c1cnn(-c2ccccn2)c1CN1CCOCC1. The molecule has 0 amide bonds. The molecular formula is C16H20N4O3. The Morgan fingerprint density at radius 2 is 2.17 bits per heavy atom. The zero-order valence-corrected chi connectivity index (χ0v) is 13.1. The summed E-state index contributed by atoms with van der Waals surface area (Å²) >= 11 is 0. The Bertz CT molecular complexity index is 651. The predicted molar refractivity (Wildman–Crippen MR) is 83.4 cm³/mol. The van der Waals surface area contributed by atoms with Crippen molar-refractivity contribution in [3.8, 4) is 5.82 Å². The van der Waals surface area contributed by atoms with Gasteiger partial charge in [-0.15, -0.1) is 0 Å². The van der Waals surface area contributed by atoms with E-state index >= 15 is 0 Å². The van der Waals surface area contributed by atoms with E-state index in [1.165, 1.54) is 0 Å². The van der Waals surface area contributed by atoms with Gasteiger partial charge >= 0.3 is 5.97 Å². The summed E-state index contributed by atoms with van der Waals surface area (Å²) in [6.07, 6.45) is 3.27. The third-order valence-corrected chi connectivity index (χ3v) is 3.71. The molecule has 7 heteroatoms. The van der Waals surface area contributed by atoms with Crippen molar-refractivity contribution >= 4 is 5.97 Å². The summed E-state index contributed by atoms with van der Waals surface area (Å²) < 4.78 is 12.2. The molecule has 2 aromatic heterocycles. The number of esters is 1. The smallest absolute Gasteiger partial charge is 0.341 e. The molecule has 3 heterocycles. The van der Waals surface area contributed by atoms with Crippen LogP contribution in [0.3, 0.4) is 0 Å². The van der Waals surface area contributed by atoms with Gasteiger partial charge in [0.2, 0.25) is 0 Å². The number of aromatic nitrogens is 3. The number of rotatable bonds is 5. The van der Waals surface area contributed by atoms with Crippen LogP contribution in [0.4, 0.5) is 0 Å². The molecule has 0 unspecified atom stereocenters. The van der Waals surface area contributed by atoms with Crippen molar-refractivity contribution in [3.05, 3.63) is 41.9 Å². The van der Waals surface area contributed by atoms with E-state index in [4.69, 9.17) is 9.47 Å². The second kappa shape index (κ2) is 7.34. The lowest BCUT2D eigenvalue weighted by Gasteiger charge is -2.26. The lowest BCUT2D eigenvalue weighted by atomic mass is 10.2. The number of hydrogen-bond donors (Lipinski definition) is 0. The fourth-order valence-electron chi connectivity index (χ4n) is 2.55. The second-order valence-corrected chi connectivity index (χ2v) is 5.21. The first-order chi connectivity index (χ1) is 11.3. The summed E-state index contributed by atoms with van der Waals surface area (Å²) in [4.78, 5) is 18.8. The maximum absolute atomic E-state index is 12.2. The van der Waals surface area contributed by atoms with Gasteiger partial charge in [0.05, 0.1) is 31.7 Å². The molecule has 0 aliphatic carbocycles. The fraction of sp³-hybridized carbons (Fsp3) is 0.438. The number of carbonyl (C=O) groups is 1. The van der Waals surface area contributed by atoms with Gasteiger partial charge in [-0.3, -0.25) is 4.90 Å². The third kappa shape index (κ3) is 3.57. The highest BCUT2D eigenvalue weighted by Crippen LogP contribution is 2.17. The van der Waals surface area contributed by atoms with E-state index in [0.717, 1.165) is 18.8 Å². The van der Waals surface area contributed by atoms with Crippen molar-refractivity contribution in [3.63, 3.8) is 0 Å². The molecule has 0 spiro atoms. The van der Waals surface area contributed by atoms with Crippen molar-refractivity contribution < 1.29 is 14.3 Å². The van der Waals surface area contributed by atoms with Crippen LogP contribution in [0.25, 0.3) is 5.82 Å². The summed E-state index contributed by atoms with van der Waals surface area (Å²) in [5.74, 6) is 0.337. The van der Waals surface area contributed by atoms with Gasteiger partial charge in [-0.05, 0) is 19.1 Å². The quantitative estimate of drug-likeness (QED) is 0.774. The average Bonchev–Trinajstić information content (AvgIpc) is 3.00. The highest BCUT2D eigenvalue weighted by atomic mass is 16.5. The number of hydrogen-bond acceptors (Lipinski definition) is 6. The Labute approximate surface area is 134 Å². The number of pyridine rings is 1. The first-order valence-electron chi connectivity index (χ1n) is 7.75. The average molecular weight is 316 g/mol. The van der Waals surface area contributed by atoms with Gasteiger partial charge in [0.1, 0.15) is 5.56 Å². The van der Waals surface area contributed by atoms with Gasteiger partial charge in [0.25, 0.3) is 0 Å². The molecule has 1 aliphatic heterocycles. The Balaban J connectivity index is 1.94. The van der Waals surface area contributed by atoms with Crippen LogP contribution < -0.4 is 0 Å². The molecule has 122 valence electrons. The molecule has 0 saturated carbocycles. The molecule has 0 aromatic carbocycles. The number of ether oxygens (including phenoxy) is 2. The van der Waals surface area contributed by atoms with E-state index in [1.807, 2.05) is 18.2 Å².